The predicted molar refractivity (Wildman–Crippen MR) is 113 cm³/mol. The molecular formula is C23H24N2O4. The fourth-order valence-electron chi connectivity index (χ4n) is 3.42. The summed E-state index contributed by atoms with van der Waals surface area (Å²) in [6.45, 7) is 6.80. The first kappa shape index (κ1) is 20.3. The van der Waals surface area contributed by atoms with E-state index in [1.165, 1.54) is 12.1 Å². The van der Waals surface area contributed by atoms with Gasteiger partial charge in [0.05, 0.1) is 13.2 Å². The molecule has 0 aromatic heterocycles. The fourth-order valence-corrected chi connectivity index (χ4v) is 3.42. The van der Waals surface area contributed by atoms with Crippen LogP contribution in [0.5, 0.6) is 23.0 Å². The summed E-state index contributed by atoms with van der Waals surface area (Å²) < 4.78 is 11.4. The van der Waals surface area contributed by atoms with Gasteiger partial charge in [0.15, 0.2) is 23.0 Å². The largest absolute Gasteiger partial charge is 0.504 e. The van der Waals surface area contributed by atoms with Crippen LogP contribution in [-0.2, 0) is 0 Å². The van der Waals surface area contributed by atoms with Crippen LogP contribution in [-0.4, -0.2) is 34.9 Å². The summed E-state index contributed by atoms with van der Waals surface area (Å²) in [7, 11) is 0. The molecule has 2 aromatic carbocycles. The van der Waals surface area contributed by atoms with E-state index >= 15 is 0 Å². The molecule has 0 radical (unpaired) electrons. The van der Waals surface area contributed by atoms with E-state index in [9.17, 15) is 10.2 Å². The van der Waals surface area contributed by atoms with E-state index in [-0.39, 0.29) is 17.4 Å². The van der Waals surface area contributed by atoms with Gasteiger partial charge < -0.3 is 19.7 Å². The number of phenols is 2. The van der Waals surface area contributed by atoms with Crippen molar-refractivity contribution >= 4 is 11.4 Å². The van der Waals surface area contributed by atoms with Crippen molar-refractivity contribution in [2.75, 3.05) is 13.2 Å². The van der Waals surface area contributed by atoms with Crippen molar-refractivity contribution in [2.24, 2.45) is 10.2 Å². The molecule has 150 valence electrons. The molecule has 0 aliphatic carbocycles. The summed E-state index contributed by atoms with van der Waals surface area (Å²) in [5, 5.41) is 28.9. The highest BCUT2D eigenvalue weighted by molar-refractivity contribution is 6.17. The van der Waals surface area contributed by atoms with E-state index < -0.39 is 0 Å². The Kier molecular flexibility index (Phi) is 6.08. The third-order valence-corrected chi connectivity index (χ3v) is 4.74. The molecule has 0 saturated heterocycles. The summed E-state index contributed by atoms with van der Waals surface area (Å²) in [5.41, 5.74) is 3.17. The lowest BCUT2D eigenvalue weighted by atomic mass is 9.85. The van der Waals surface area contributed by atoms with Crippen molar-refractivity contribution in [1.82, 2.24) is 0 Å². The summed E-state index contributed by atoms with van der Waals surface area (Å²) in [4.78, 5) is 0. The van der Waals surface area contributed by atoms with Crippen molar-refractivity contribution in [2.45, 2.75) is 33.1 Å². The highest BCUT2D eigenvalue weighted by atomic mass is 16.5. The standard InChI is InChI=1S/C23H24N2O4/c1-5-15-16-12-19(26)20(27)13-17(16)23(25-24-18(15)6-2)14-9-10-21(28-7-3)22(11-14)29-8-4/h2,9-13,15,26-27H,5,7-8H2,1,3-4H3/t15-/m0/s1. The molecule has 0 amide bonds. The molecule has 6 nitrogen and oxygen atoms in total. The monoisotopic (exact) mass is 392 g/mol. The third kappa shape index (κ3) is 3.90. The normalized spacial score (nSPS) is 15.4. The van der Waals surface area contributed by atoms with Gasteiger partial charge in [0.2, 0.25) is 0 Å². The molecule has 6 heteroatoms. The van der Waals surface area contributed by atoms with Gasteiger partial charge in [0.25, 0.3) is 0 Å². The number of rotatable bonds is 6. The average molecular weight is 392 g/mol. The molecule has 3 rings (SSSR count). The van der Waals surface area contributed by atoms with Crippen LogP contribution >= 0.6 is 0 Å². The molecule has 0 spiro atoms. The molecule has 1 aliphatic rings. The van der Waals surface area contributed by atoms with E-state index in [1.54, 1.807) is 0 Å². The molecule has 0 bridgehead atoms. The maximum absolute atomic E-state index is 10.1. The fraction of sp³-hybridized carbons (Fsp3) is 0.304. The molecule has 1 heterocycles. The van der Waals surface area contributed by atoms with E-state index in [4.69, 9.17) is 15.9 Å². The van der Waals surface area contributed by atoms with Gasteiger partial charge in [-0.2, -0.15) is 0 Å². The lowest BCUT2D eigenvalue weighted by molar-refractivity contribution is 0.288. The SMILES string of the molecule is C#CC1=NN=C(c2ccc(OCC)c(OCC)c2)c2cc(O)c(O)cc2[C@@H]1CC. The second kappa shape index (κ2) is 8.70. The second-order valence-electron chi connectivity index (χ2n) is 6.49. The van der Waals surface area contributed by atoms with Crippen LogP contribution in [0.25, 0.3) is 0 Å². The highest BCUT2D eigenvalue weighted by Crippen LogP contribution is 2.38. The van der Waals surface area contributed by atoms with Crippen LogP contribution in [0, 0.1) is 12.3 Å². The van der Waals surface area contributed by atoms with Gasteiger partial charge in [-0.1, -0.05) is 12.8 Å². The van der Waals surface area contributed by atoms with Crippen molar-refractivity contribution < 1.29 is 19.7 Å². The molecule has 29 heavy (non-hydrogen) atoms. The van der Waals surface area contributed by atoms with Gasteiger partial charge in [-0.15, -0.1) is 16.6 Å². The summed E-state index contributed by atoms with van der Waals surface area (Å²) >= 11 is 0. The first-order chi connectivity index (χ1) is 14.0. The van der Waals surface area contributed by atoms with Crippen molar-refractivity contribution in [3.8, 4) is 35.3 Å². The number of hydrogen-bond donors (Lipinski definition) is 2. The number of fused-ring (bicyclic) bond motifs is 1. The highest BCUT2D eigenvalue weighted by Gasteiger charge is 2.27. The zero-order chi connectivity index (χ0) is 21.0. The van der Waals surface area contributed by atoms with Crippen LogP contribution in [0.1, 0.15) is 49.8 Å². The summed E-state index contributed by atoms with van der Waals surface area (Å²) in [5.74, 6) is 3.19. The van der Waals surface area contributed by atoms with Crippen LogP contribution in [0.4, 0.5) is 0 Å². The molecule has 2 aromatic rings. The van der Waals surface area contributed by atoms with E-state index in [0.717, 1.165) is 11.1 Å². The minimum atomic E-state index is -0.230. The van der Waals surface area contributed by atoms with Gasteiger partial charge >= 0.3 is 0 Å². The van der Waals surface area contributed by atoms with Crippen molar-refractivity contribution in [3.63, 3.8) is 0 Å². The first-order valence-corrected chi connectivity index (χ1v) is 9.62. The Morgan fingerprint density at radius 1 is 0.966 bits per heavy atom. The maximum Gasteiger partial charge on any atom is 0.161 e. The molecule has 0 saturated carbocycles. The minimum absolute atomic E-state index is 0.207. The predicted octanol–water partition coefficient (Wildman–Crippen LogP) is 4.23. The maximum atomic E-state index is 10.1. The van der Waals surface area contributed by atoms with E-state index in [1.807, 2.05) is 39.0 Å². The average Bonchev–Trinajstić information content (AvgIpc) is 2.86. The Balaban J connectivity index is 2.22. The van der Waals surface area contributed by atoms with Crippen molar-refractivity contribution in [3.05, 3.63) is 47.0 Å². The molecule has 2 N–H and O–H groups in total. The number of terminal acetylenes is 1. The van der Waals surface area contributed by atoms with Gasteiger partial charge in [0.1, 0.15) is 11.4 Å². The van der Waals surface area contributed by atoms with Crippen molar-refractivity contribution in [1.29, 1.82) is 0 Å². The van der Waals surface area contributed by atoms with Gasteiger partial charge in [-0.05, 0) is 56.2 Å². The zero-order valence-electron chi connectivity index (χ0n) is 16.8. The van der Waals surface area contributed by atoms with Gasteiger partial charge in [-0.25, -0.2) is 0 Å². The van der Waals surface area contributed by atoms with Crippen LogP contribution in [0.3, 0.4) is 0 Å². The van der Waals surface area contributed by atoms with Crippen LogP contribution in [0.15, 0.2) is 40.5 Å². The number of phenolic OH excluding ortho intramolecular Hbond substituents is 2. The van der Waals surface area contributed by atoms with E-state index in [0.29, 0.717) is 48.1 Å². The number of ether oxygens (including phenoxy) is 2. The zero-order valence-corrected chi connectivity index (χ0v) is 16.8. The number of benzene rings is 2. The molecule has 0 fully saturated rings. The van der Waals surface area contributed by atoms with Crippen LogP contribution < -0.4 is 9.47 Å². The number of hydrogen-bond acceptors (Lipinski definition) is 6. The molecule has 1 atom stereocenters. The Morgan fingerprint density at radius 3 is 2.31 bits per heavy atom. The Bertz CT molecular complexity index is 1020. The lowest BCUT2D eigenvalue weighted by Gasteiger charge is -2.18. The molecule has 1 aliphatic heterocycles. The van der Waals surface area contributed by atoms with Crippen LogP contribution in [0.2, 0.25) is 0 Å². The quantitative estimate of drug-likeness (QED) is 0.569. The first-order valence-electron chi connectivity index (χ1n) is 9.62. The summed E-state index contributed by atoms with van der Waals surface area (Å²) in [6.07, 6.45) is 6.34. The summed E-state index contributed by atoms with van der Waals surface area (Å²) in [6, 6.07) is 8.54. The molecular weight excluding hydrogens is 368 g/mol. The third-order valence-electron chi connectivity index (χ3n) is 4.74. The minimum Gasteiger partial charge on any atom is -0.504 e. The Labute approximate surface area is 170 Å². The van der Waals surface area contributed by atoms with Gasteiger partial charge in [0, 0.05) is 17.0 Å². The number of nitrogens with zero attached hydrogens (tertiary/aromatic N) is 2. The topological polar surface area (TPSA) is 83.6 Å². The van der Waals surface area contributed by atoms with E-state index in [2.05, 4.69) is 16.1 Å². The number of aromatic hydroxyl groups is 2. The smallest absolute Gasteiger partial charge is 0.161 e. The Morgan fingerprint density at radius 2 is 1.66 bits per heavy atom. The Hall–Kier alpha value is -3.46. The second-order valence-corrected chi connectivity index (χ2v) is 6.49. The van der Waals surface area contributed by atoms with Gasteiger partial charge in [-0.3, -0.25) is 0 Å². The molecule has 0 unspecified atom stereocenters. The lowest BCUT2D eigenvalue weighted by Crippen LogP contribution is -2.13.